The summed E-state index contributed by atoms with van der Waals surface area (Å²) in [6.07, 6.45) is 5.21. The average Bonchev–Trinajstić information content (AvgIpc) is 3.08. The van der Waals surface area contributed by atoms with Gasteiger partial charge in [-0.05, 0) is 32.2 Å². The highest BCUT2D eigenvalue weighted by Crippen LogP contribution is 2.39. The Hall–Kier alpha value is -1.10. The topological polar surface area (TPSA) is 69.6 Å². The molecule has 1 aliphatic carbocycles. The normalized spacial score (nSPS) is 39.1. The summed E-state index contributed by atoms with van der Waals surface area (Å²) < 4.78 is 0. The Kier molecular flexibility index (Phi) is 3.01. The van der Waals surface area contributed by atoms with E-state index in [1.54, 1.807) is 0 Å². The van der Waals surface area contributed by atoms with Crippen LogP contribution >= 0.6 is 0 Å². The quantitative estimate of drug-likeness (QED) is 0.765. The minimum atomic E-state index is -0.833. The van der Waals surface area contributed by atoms with Crippen molar-refractivity contribution in [1.82, 2.24) is 10.2 Å². The van der Waals surface area contributed by atoms with Crippen molar-refractivity contribution in [2.24, 2.45) is 11.8 Å². The molecule has 3 fully saturated rings. The van der Waals surface area contributed by atoms with E-state index >= 15 is 0 Å². The third-order valence-electron chi connectivity index (χ3n) is 4.63. The fraction of sp³-hybridized carbons (Fsp3) is 0.846. The molecule has 0 bridgehead atoms. The van der Waals surface area contributed by atoms with Gasteiger partial charge in [0.05, 0.1) is 11.8 Å². The van der Waals surface area contributed by atoms with Gasteiger partial charge in [0.25, 0.3) is 0 Å². The summed E-state index contributed by atoms with van der Waals surface area (Å²) in [6, 6.07) is 0.734. The zero-order chi connectivity index (χ0) is 12.7. The third kappa shape index (κ3) is 2.11. The van der Waals surface area contributed by atoms with E-state index in [-0.39, 0.29) is 17.9 Å². The molecule has 0 aromatic heterocycles. The van der Waals surface area contributed by atoms with Crippen molar-refractivity contribution in [3.8, 4) is 0 Å². The molecule has 2 saturated heterocycles. The lowest BCUT2D eigenvalue weighted by molar-refractivity contribution is -0.140. The molecule has 2 N–H and O–H groups in total. The first-order valence-corrected chi connectivity index (χ1v) is 6.94. The molecule has 0 aromatic rings. The number of amides is 1. The van der Waals surface area contributed by atoms with Crippen molar-refractivity contribution in [1.29, 1.82) is 0 Å². The van der Waals surface area contributed by atoms with E-state index in [0.29, 0.717) is 12.5 Å². The van der Waals surface area contributed by atoms with Gasteiger partial charge < -0.3 is 10.4 Å². The van der Waals surface area contributed by atoms with E-state index in [1.165, 1.54) is 12.8 Å². The standard InChI is InChI=1S/C13H20N2O3/c16-12(8-7-9(8)13(17)18)14-10-4-6-15-5-2-1-3-11(10)15/h8-11H,1-7H2,(H,14,16)(H,17,18)/t8-,9+,10?,11?/m1/s1. The molecule has 1 saturated carbocycles. The highest BCUT2D eigenvalue weighted by atomic mass is 16.4. The molecule has 0 aromatic carbocycles. The van der Waals surface area contributed by atoms with Crippen molar-refractivity contribution in [2.45, 2.75) is 44.2 Å². The van der Waals surface area contributed by atoms with Gasteiger partial charge >= 0.3 is 5.97 Å². The summed E-state index contributed by atoms with van der Waals surface area (Å²) in [5.41, 5.74) is 0. The van der Waals surface area contributed by atoms with Gasteiger partial charge in [-0.3, -0.25) is 14.5 Å². The van der Waals surface area contributed by atoms with Crippen molar-refractivity contribution in [3.05, 3.63) is 0 Å². The van der Waals surface area contributed by atoms with Crippen LogP contribution in [0.15, 0.2) is 0 Å². The van der Waals surface area contributed by atoms with Crippen LogP contribution in [-0.2, 0) is 9.59 Å². The highest BCUT2D eigenvalue weighted by Gasteiger charge is 2.49. The van der Waals surface area contributed by atoms with E-state index in [2.05, 4.69) is 10.2 Å². The van der Waals surface area contributed by atoms with E-state index in [0.717, 1.165) is 25.9 Å². The first kappa shape index (κ1) is 12.0. The smallest absolute Gasteiger partial charge is 0.307 e. The third-order valence-corrected chi connectivity index (χ3v) is 4.63. The molecule has 3 rings (SSSR count). The minimum absolute atomic E-state index is 0.0418. The zero-order valence-electron chi connectivity index (χ0n) is 10.5. The number of aliphatic carboxylic acids is 1. The van der Waals surface area contributed by atoms with Crippen LogP contribution in [0.1, 0.15) is 32.1 Å². The monoisotopic (exact) mass is 252 g/mol. The van der Waals surface area contributed by atoms with Crippen LogP contribution in [0.3, 0.4) is 0 Å². The lowest BCUT2D eigenvalue weighted by Gasteiger charge is -2.32. The van der Waals surface area contributed by atoms with Crippen molar-refractivity contribution < 1.29 is 14.7 Å². The van der Waals surface area contributed by atoms with Gasteiger partial charge in [0.1, 0.15) is 0 Å². The van der Waals surface area contributed by atoms with Crippen LogP contribution in [0, 0.1) is 11.8 Å². The maximum atomic E-state index is 12.0. The number of nitrogens with one attached hydrogen (secondary N) is 1. The number of rotatable bonds is 3. The molecule has 0 spiro atoms. The van der Waals surface area contributed by atoms with Gasteiger partial charge in [-0.25, -0.2) is 0 Å². The fourth-order valence-electron chi connectivity index (χ4n) is 3.46. The van der Waals surface area contributed by atoms with Crippen molar-refractivity contribution in [2.75, 3.05) is 13.1 Å². The van der Waals surface area contributed by atoms with Crippen LogP contribution in [-0.4, -0.2) is 47.1 Å². The van der Waals surface area contributed by atoms with Gasteiger partial charge in [-0.15, -0.1) is 0 Å². The number of carbonyl (C=O) groups excluding carboxylic acids is 1. The van der Waals surface area contributed by atoms with Crippen LogP contribution in [0.4, 0.5) is 0 Å². The number of carbonyl (C=O) groups is 2. The summed E-state index contributed by atoms with van der Waals surface area (Å²) in [6.45, 7) is 2.22. The number of carboxylic acids is 1. The average molecular weight is 252 g/mol. The Morgan fingerprint density at radius 3 is 2.67 bits per heavy atom. The number of piperidine rings is 1. The highest BCUT2D eigenvalue weighted by molar-refractivity contribution is 5.89. The fourth-order valence-corrected chi connectivity index (χ4v) is 3.46. The summed E-state index contributed by atoms with van der Waals surface area (Å²) in [5.74, 6) is -1.59. The van der Waals surface area contributed by atoms with Crippen LogP contribution in [0.25, 0.3) is 0 Å². The van der Waals surface area contributed by atoms with Crippen molar-refractivity contribution in [3.63, 3.8) is 0 Å². The molecule has 2 unspecified atom stereocenters. The molecular formula is C13H20N2O3. The molecule has 18 heavy (non-hydrogen) atoms. The molecule has 2 aliphatic heterocycles. The Morgan fingerprint density at radius 1 is 1.11 bits per heavy atom. The predicted octanol–water partition coefficient (Wildman–Crippen LogP) is 0.450. The zero-order valence-corrected chi connectivity index (χ0v) is 10.5. The second-order valence-electron chi connectivity index (χ2n) is 5.79. The molecule has 3 aliphatic rings. The molecule has 2 heterocycles. The SMILES string of the molecule is O=C(O)[C@H]1C[C@H]1C(=O)NC1CCN2CCCCC12. The number of nitrogens with zero attached hydrogens (tertiary/aromatic N) is 1. The van der Waals surface area contributed by atoms with E-state index in [4.69, 9.17) is 5.11 Å². The molecular weight excluding hydrogens is 232 g/mol. The van der Waals surface area contributed by atoms with Crippen LogP contribution in [0.2, 0.25) is 0 Å². The Labute approximate surface area is 107 Å². The van der Waals surface area contributed by atoms with Gasteiger partial charge in [-0.2, -0.15) is 0 Å². The molecule has 5 nitrogen and oxygen atoms in total. The van der Waals surface area contributed by atoms with Gasteiger partial charge in [0, 0.05) is 18.6 Å². The molecule has 100 valence electrons. The van der Waals surface area contributed by atoms with E-state index < -0.39 is 11.9 Å². The van der Waals surface area contributed by atoms with Crippen LogP contribution < -0.4 is 5.32 Å². The second-order valence-corrected chi connectivity index (χ2v) is 5.79. The predicted molar refractivity (Wildman–Crippen MR) is 65.0 cm³/mol. The largest absolute Gasteiger partial charge is 0.481 e. The Bertz CT molecular complexity index is 371. The summed E-state index contributed by atoms with van der Waals surface area (Å²) >= 11 is 0. The minimum Gasteiger partial charge on any atom is -0.481 e. The number of carboxylic acid groups (broad SMARTS) is 1. The van der Waals surface area contributed by atoms with Gasteiger partial charge in [-0.1, -0.05) is 6.42 Å². The van der Waals surface area contributed by atoms with Gasteiger partial charge in [0.15, 0.2) is 0 Å². The second kappa shape index (κ2) is 4.53. The Morgan fingerprint density at radius 2 is 1.94 bits per heavy atom. The van der Waals surface area contributed by atoms with Gasteiger partial charge in [0.2, 0.25) is 5.91 Å². The first-order valence-electron chi connectivity index (χ1n) is 6.94. The molecule has 4 atom stereocenters. The lowest BCUT2D eigenvalue weighted by atomic mass is 9.99. The molecule has 0 radical (unpaired) electrons. The van der Waals surface area contributed by atoms with Crippen LogP contribution in [0.5, 0.6) is 0 Å². The van der Waals surface area contributed by atoms with E-state index in [1.807, 2.05) is 0 Å². The summed E-state index contributed by atoms with van der Waals surface area (Å²) in [7, 11) is 0. The Balaban J connectivity index is 1.54. The van der Waals surface area contributed by atoms with E-state index in [9.17, 15) is 9.59 Å². The first-order chi connectivity index (χ1) is 8.66. The maximum absolute atomic E-state index is 12.0. The lowest BCUT2D eigenvalue weighted by Crippen LogP contribution is -2.47. The number of hydrogen-bond donors (Lipinski definition) is 2. The van der Waals surface area contributed by atoms with Crippen molar-refractivity contribution >= 4 is 11.9 Å². The number of hydrogen-bond acceptors (Lipinski definition) is 3. The number of fused-ring (bicyclic) bond motifs is 1. The maximum Gasteiger partial charge on any atom is 0.307 e. The summed E-state index contributed by atoms with van der Waals surface area (Å²) in [5, 5.41) is 11.9. The summed E-state index contributed by atoms with van der Waals surface area (Å²) in [4.78, 5) is 25.2. The molecule has 5 heteroatoms. The molecule has 1 amide bonds.